The van der Waals surface area contributed by atoms with Crippen molar-refractivity contribution in [1.82, 2.24) is 0 Å². The number of alkyl halides is 3. The second-order valence-electron chi connectivity index (χ2n) is 3.12. The first-order valence-corrected chi connectivity index (χ1v) is 7.46. The molecule has 0 aliphatic heterocycles. The van der Waals surface area contributed by atoms with Gasteiger partial charge in [0.05, 0.1) is 0 Å². The van der Waals surface area contributed by atoms with E-state index in [0.717, 1.165) is 0 Å². The molecule has 0 nitrogen and oxygen atoms in total. The third-order valence-corrected chi connectivity index (χ3v) is 7.68. The van der Waals surface area contributed by atoms with Crippen LogP contribution in [0, 0.1) is 0 Å². The van der Waals surface area contributed by atoms with Gasteiger partial charge in [0, 0.05) is 0 Å². The molecule has 0 atom stereocenters. The Bertz CT molecular complexity index is 81.3. The first-order valence-electron chi connectivity index (χ1n) is 4.34. The molecule has 0 N–H and O–H groups in total. The van der Waals surface area contributed by atoms with Crippen molar-refractivity contribution >= 4 is 7.26 Å². The van der Waals surface area contributed by atoms with Gasteiger partial charge in [-0.05, 0) is 0 Å². The molecule has 0 amide bonds. The fraction of sp³-hybridized carbons (Fsp3) is 1.00. The van der Waals surface area contributed by atoms with Crippen molar-refractivity contribution in [2.75, 3.05) is 25.2 Å². The Labute approximate surface area is 73.9 Å². The predicted octanol–water partition coefficient (Wildman–Crippen LogP) is 3.60. The van der Waals surface area contributed by atoms with Gasteiger partial charge in [-0.1, -0.05) is 0 Å². The number of hydrogen-bond donors (Lipinski definition) is 0. The largest absolute Gasteiger partial charge is 0.379 e. The SMILES string of the molecule is CC[PH](C)(CC)CC.FC(F)F. The van der Waals surface area contributed by atoms with Gasteiger partial charge in [-0.15, -0.1) is 0 Å². The Morgan fingerprint density at radius 3 is 1.08 bits per heavy atom. The maximum atomic E-state index is 9.67. The Kier molecular flexibility index (Phi) is 9.63. The molecule has 0 aromatic heterocycles. The summed E-state index contributed by atoms with van der Waals surface area (Å²) in [5.41, 5.74) is 0. The van der Waals surface area contributed by atoms with Crippen LogP contribution >= 0.6 is 7.26 Å². The van der Waals surface area contributed by atoms with Crippen LogP contribution in [0.2, 0.25) is 0 Å². The maximum absolute atomic E-state index is 9.67. The first kappa shape index (κ1) is 14.7. The second-order valence-corrected chi connectivity index (χ2v) is 8.86. The summed E-state index contributed by atoms with van der Waals surface area (Å²) >= 11 is 0. The fourth-order valence-electron chi connectivity index (χ4n) is 0.750. The van der Waals surface area contributed by atoms with Crippen molar-refractivity contribution in [1.29, 1.82) is 0 Å². The van der Waals surface area contributed by atoms with Crippen LogP contribution in [-0.4, -0.2) is 31.8 Å². The molecule has 78 valence electrons. The summed E-state index contributed by atoms with van der Waals surface area (Å²) in [6.45, 7) is 5.82. The zero-order chi connectivity index (χ0) is 10.2. The molecule has 0 aliphatic rings. The summed E-state index contributed by atoms with van der Waals surface area (Å²) in [5.74, 6) is 0. The third kappa shape index (κ3) is 10.2. The standard InChI is InChI=1S/C7H19P.CHF3/c1-5-8(4,6-2)7-3;2-1(3)4/h8H,5-7H2,1-4H3;1H. The van der Waals surface area contributed by atoms with Crippen LogP contribution in [0.3, 0.4) is 0 Å². The van der Waals surface area contributed by atoms with Crippen LogP contribution in [0.15, 0.2) is 0 Å². The van der Waals surface area contributed by atoms with Gasteiger partial charge in [0.1, 0.15) is 0 Å². The Hall–Kier alpha value is 0.220. The van der Waals surface area contributed by atoms with Gasteiger partial charge in [-0.25, -0.2) is 0 Å². The molecule has 0 bridgehead atoms. The summed E-state index contributed by atoms with van der Waals surface area (Å²) in [6, 6.07) is 0. The quantitative estimate of drug-likeness (QED) is 0.616. The molecule has 0 aliphatic carbocycles. The summed E-state index contributed by atoms with van der Waals surface area (Å²) in [4.78, 5) is 0. The second kappa shape index (κ2) is 7.85. The molecule has 0 unspecified atom stereocenters. The molecular weight excluding hydrogens is 184 g/mol. The Morgan fingerprint density at radius 1 is 0.917 bits per heavy atom. The number of hydrogen-bond acceptors (Lipinski definition) is 0. The molecule has 12 heavy (non-hydrogen) atoms. The zero-order valence-electron chi connectivity index (χ0n) is 8.33. The van der Waals surface area contributed by atoms with E-state index in [1.165, 1.54) is 18.5 Å². The topological polar surface area (TPSA) is 0 Å². The van der Waals surface area contributed by atoms with Crippen LogP contribution in [-0.2, 0) is 0 Å². The minimum absolute atomic E-state index is 0.671. The van der Waals surface area contributed by atoms with Gasteiger partial charge in [0.25, 0.3) is 0 Å². The summed E-state index contributed by atoms with van der Waals surface area (Å²) in [7, 11) is -0.671. The average molecular weight is 204 g/mol. The average Bonchev–Trinajstić information content (AvgIpc) is 2.02. The van der Waals surface area contributed by atoms with Gasteiger partial charge >= 0.3 is 59.9 Å². The minimum Gasteiger partial charge on any atom is -0.174 e. The molecule has 0 radical (unpaired) electrons. The van der Waals surface area contributed by atoms with Crippen molar-refractivity contribution in [3.8, 4) is 0 Å². The summed E-state index contributed by atoms with van der Waals surface area (Å²) in [6.07, 6.45) is 4.38. The molecule has 0 spiro atoms. The number of rotatable bonds is 3. The van der Waals surface area contributed by atoms with Crippen molar-refractivity contribution in [3.05, 3.63) is 0 Å². The smallest absolute Gasteiger partial charge is 0.174 e. The summed E-state index contributed by atoms with van der Waals surface area (Å²) in [5, 5.41) is 0. The van der Waals surface area contributed by atoms with E-state index in [1.54, 1.807) is 0 Å². The van der Waals surface area contributed by atoms with E-state index in [-0.39, 0.29) is 0 Å². The molecule has 0 rings (SSSR count). The van der Waals surface area contributed by atoms with E-state index in [1.807, 2.05) is 0 Å². The van der Waals surface area contributed by atoms with E-state index in [0.29, 0.717) is 0 Å². The van der Waals surface area contributed by atoms with Gasteiger partial charge in [-0.2, -0.15) is 13.2 Å². The van der Waals surface area contributed by atoms with Crippen LogP contribution in [0.1, 0.15) is 20.8 Å². The van der Waals surface area contributed by atoms with Crippen LogP contribution in [0.5, 0.6) is 0 Å². The molecule has 0 saturated heterocycles. The van der Waals surface area contributed by atoms with Crippen molar-refractivity contribution in [2.45, 2.75) is 27.5 Å². The van der Waals surface area contributed by atoms with Gasteiger partial charge in [0.15, 0.2) is 0 Å². The number of halogens is 3. The van der Waals surface area contributed by atoms with Crippen LogP contribution in [0.25, 0.3) is 0 Å². The first-order chi connectivity index (χ1) is 5.41. The van der Waals surface area contributed by atoms with Crippen LogP contribution < -0.4 is 0 Å². The van der Waals surface area contributed by atoms with Gasteiger partial charge in [-0.3, -0.25) is 0 Å². The zero-order valence-corrected chi connectivity index (χ0v) is 9.33. The monoisotopic (exact) mass is 204 g/mol. The molecule has 0 aromatic carbocycles. The fourth-order valence-corrected chi connectivity index (χ4v) is 2.25. The van der Waals surface area contributed by atoms with Gasteiger partial charge < -0.3 is 0 Å². The van der Waals surface area contributed by atoms with Crippen molar-refractivity contribution in [3.63, 3.8) is 0 Å². The summed E-state index contributed by atoms with van der Waals surface area (Å²) < 4.78 is 29.0. The maximum Gasteiger partial charge on any atom is 0.379 e. The van der Waals surface area contributed by atoms with Crippen LogP contribution in [0.4, 0.5) is 13.2 Å². The normalized spacial score (nSPS) is 12.3. The van der Waals surface area contributed by atoms with Gasteiger partial charge in [0.2, 0.25) is 0 Å². The molecule has 0 aromatic rings. The van der Waals surface area contributed by atoms with E-state index in [2.05, 4.69) is 27.4 Å². The minimum atomic E-state index is -3.67. The van der Waals surface area contributed by atoms with Crippen molar-refractivity contribution < 1.29 is 13.2 Å². The molecule has 4 heteroatoms. The van der Waals surface area contributed by atoms with Crippen molar-refractivity contribution in [2.24, 2.45) is 0 Å². The molecule has 0 saturated carbocycles. The Balaban J connectivity index is 0. The van der Waals surface area contributed by atoms with E-state index >= 15 is 0 Å². The molecule has 0 fully saturated rings. The molecule has 0 heterocycles. The molecular formula is C8H20F3P. The van der Waals surface area contributed by atoms with E-state index in [9.17, 15) is 13.2 Å². The predicted molar refractivity (Wildman–Crippen MR) is 53.0 cm³/mol. The Morgan fingerprint density at radius 2 is 1.08 bits per heavy atom. The third-order valence-electron chi connectivity index (χ3n) is 2.56. The van der Waals surface area contributed by atoms with E-state index in [4.69, 9.17) is 0 Å². The van der Waals surface area contributed by atoms with E-state index < -0.39 is 13.9 Å².